The molecule has 2 aliphatic rings. The first-order valence-corrected chi connectivity index (χ1v) is 12.2. The molecule has 2 aliphatic heterocycles. The fourth-order valence-corrected chi connectivity index (χ4v) is 4.92. The van der Waals surface area contributed by atoms with E-state index in [0.717, 1.165) is 10.0 Å². The van der Waals surface area contributed by atoms with Crippen LogP contribution in [0.1, 0.15) is 37.8 Å². The number of amides is 2. The minimum absolute atomic E-state index is 0.0158. The topological polar surface area (TPSA) is 107 Å². The number of aliphatic hydroxyl groups excluding tert-OH is 1. The van der Waals surface area contributed by atoms with Crippen LogP contribution in [0, 0.1) is 5.92 Å². The van der Waals surface area contributed by atoms with Gasteiger partial charge in [0.2, 0.25) is 5.91 Å². The van der Waals surface area contributed by atoms with Gasteiger partial charge in [-0.05, 0) is 42.3 Å². The number of hydrogen-bond donors (Lipinski definition) is 2. The van der Waals surface area contributed by atoms with E-state index in [9.17, 15) is 19.5 Å². The number of carbonyl (C=O) groups excluding carboxylic acids is 3. The van der Waals surface area contributed by atoms with E-state index in [2.05, 4.69) is 15.9 Å². The molecule has 1 saturated heterocycles. The third-order valence-electron chi connectivity index (χ3n) is 6.35. The van der Waals surface area contributed by atoms with E-state index in [1.54, 1.807) is 54.3 Å². The molecule has 184 valence electrons. The number of esters is 1. The van der Waals surface area contributed by atoms with Crippen LogP contribution in [0.2, 0.25) is 0 Å². The summed E-state index contributed by atoms with van der Waals surface area (Å²) in [4.78, 5) is 40.2. The Morgan fingerprint density at radius 1 is 1.29 bits per heavy atom. The van der Waals surface area contributed by atoms with Gasteiger partial charge in [-0.3, -0.25) is 19.3 Å². The first kappa shape index (κ1) is 25.1. The fraction of sp³-hybridized carbons (Fsp3) is 0.346. The Hall–Kier alpha value is -3.01. The number of ether oxygens (including phenoxy) is 1. The molecule has 1 fully saturated rings. The van der Waals surface area contributed by atoms with Crippen LogP contribution in [0.15, 0.2) is 59.1 Å². The molecule has 9 heteroatoms. The predicted molar refractivity (Wildman–Crippen MR) is 133 cm³/mol. The number of carbonyl (C=O) groups is 3. The van der Waals surface area contributed by atoms with E-state index in [-0.39, 0.29) is 25.5 Å². The zero-order chi connectivity index (χ0) is 25.3. The van der Waals surface area contributed by atoms with Gasteiger partial charge in [0.1, 0.15) is 0 Å². The van der Waals surface area contributed by atoms with Crippen molar-refractivity contribution in [3.8, 4) is 0 Å². The zero-order valence-corrected chi connectivity index (χ0v) is 21.1. The summed E-state index contributed by atoms with van der Waals surface area (Å²) in [5.41, 5.74) is 0.659. The second kappa shape index (κ2) is 9.93. The second-order valence-corrected chi connectivity index (χ2v) is 9.67. The van der Waals surface area contributed by atoms with Gasteiger partial charge in [0.15, 0.2) is 11.8 Å². The van der Waals surface area contributed by atoms with Crippen molar-refractivity contribution in [2.45, 2.75) is 45.1 Å². The summed E-state index contributed by atoms with van der Waals surface area (Å²) in [6.45, 7) is 3.23. The summed E-state index contributed by atoms with van der Waals surface area (Å²) in [6, 6.07) is 12.5. The molecular formula is C26H27BrN2O6. The number of hydrogen-bond acceptors (Lipinski definition) is 6. The van der Waals surface area contributed by atoms with Crippen molar-refractivity contribution in [1.82, 2.24) is 0 Å². The van der Waals surface area contributed by atoms with Gasteiger partial charge < -0.3 is 19.8 Å². The fourth-order valence-electron chi connectivity index (χ4n) is 4.56. The molecule has 2 N–H and O–H groups in total. The third-order valence-corrected chi connectivity index (χ3v) is 6.84. The Kier molecular flexibility index (Phi) is 7.12. The number of halogens is 1. The quantitative estimate of drug-likeness (QED) is 0.301. The first-order chi connectivity index (χ1) is 16.7. The molecule has 0 saturated carbocycles. The Morgan fingerprint density at radius 3 is 2.74 bits per heavy atom. The summed E-state index contributed by atoms with van der Waals surface area (Å²) in [5.74, 6) is -1.60. The molecule has 0 aromatic heterocycles. The van der Waals surface area contributed by atoms with Crippen molar-refractivity contribution < 1.29 is 29.3 Å². The second-order valence-electron chi connectivity index (χ2n) is 8.75. The molecule has 3 atom stereocenters. The maximum Gasteiger partial charge on any atom is 0.304 e. The molecule has 35 heavy (non-hydrogen) atoms. The molecule has 4 rings (SSSR count). The number of rotatable bonds is 8. The Morgan fingerprint density at radius 2 is 2.06 bits per heavy atom. The number of benzene rings is 2. The average molecular weight is 543 g/mol. The van der Waals surface area contributed by atoms with Gasteiger partial charge in [0, 0.05) is 35.2 Å². The normalized spacial score (nSPS) is 22.4. The van der Waals surface area contributed by atoms with E-state index in [0.29, 0.717) is 23.4 Å². The Bertz CT molecular complexity index is 1200. The minimum Gasteiger partial charge on any atom is -0.441 e. The van der Waals surface area contributed by atoms with Crippen molar-refractivity contribution in [2.24, 2.45) is 5.92 Å². The molecule has 2 heterocycles. The average Bonchev–Trinajstić information content (AvgIpc) is 3.01. The first-order valence-electron chi connectivity index (χ1n) is 11.4. The van der Waals surface area contributed by atoms with Gasteiger partial charge in [-0.15, -0.1) is 0 Å². The molecule has 1 unspecified atom stereocenters. The molecule has 0 bridgehead atoms. The van der Waals surface area contributed by atoms with Crippen LogP contribution in [0.25, 0.3) is 0 Å². The monoisotopic (exact) mass is 542 g/mol. The SMILES string of the molecule is CC(=O)OC1CC(=O)N1c1cccc(CN2C(=O)[C@@](O)([C@@H](C)/C=C/CCO)c3cc(Br)ccc32)c1. The largest absolute Gasteiger partial charge is 0.441 e. The highest BCUT2D eigenvalue weighted by molar-refractivity contribution is 9.10. The molecular weight excluding hydrogens is 516 g/mol. The van der Waals surface area contributed by atoms with Gasteiger partial charge in [0.05, 0.1) is 18.7 Å². The molecule has 8 nitrogen and oxygen atoms in total. The van der Waals surface area contributed by atoms with Gasteiger partial charge in [-0.25, -0.2) is 0 Å². The van der Waals surface area contributed by atoms with Crippen LogP contribution in [0.4, 0.5) is 11.4 Å². The van der Waals surface area contributed by atoms with E-state index >= 15 is 0 Å². The molecule has 0 radical (unpaired) electrons. The van der Waals surface area contributed by atoms with Crippen molar-refractivity contribution in [1.29, 1.82) is 0 Å². The summed E-state index contributed by atoms with van der Waals surface area (Å²) in [7, 11) is 0. The number of nitrogens with zero attached hydrogens (tertiary/aromatic N) is 2. The van der Waals surface area contributed by atoms with Crippen molar-refractivity contribution in [3.05, 3.63) is 70.2 Å². The minimum atomic E-state index is -1.77. The standard InChI is InChI=1S/C26H27BrN2O6/c1-16(6-3-4-11-30)26(34)21-13-19(27)9-10-22(21)28(25(26)33)15-18-7-5-8-20(12-18)29-23(32)14-24(29)35-17(2)31/h3,5-10,12-13,16,24,30,34H,4,11,14-15H2,1-2H3/b6-3+/t16-,24?,26+/m0/s1. The maximum absolute atomic E-state index is 13.6. The number of β-lactam (4-membered cyclic amide) rings is 1. The van der Waals surface area contributed by atoms with Crippen LogP contribution >= 0.6 is 15.9 Å². The highest BCUT2D eigenvalue weighted by Crippen LogP contribution is 2.47. The summed E-state index contributed by atoms with van der Waals surface area (Å²) in [6.07, 6.45) is 3.42. The van der Waals surface area contributed by atoms with Crippen LogP contribution in [-0.4, -0.2) is 40.8 Å². The van der Waals surface area contributed by atoms with Gasteiger partial charge in [-0.1, -0.05) is 47.1 Å². The van der Waals surface area contributed by atoms with Gasteiger partial charge in [0.25, 0.3) is 5.91 Å². The van der Waals surface area contributed by atoms with E-state index in [1.165, 1.54) is 11.8 Å². The van der Waals surface area contributed by atoms with E-state index < -0.39 is 29.6 Å². The summed E-state index contributed by atoms with van der Waals surface area (Å²) in [5, 5.41) is 20.7. The molecule has 0 spiro atoms. The molecule has 0 aliphatic carbocycles. The third kappa shape index (κ3) is 4.63. The van der Waals surface area contributed by atoms with Crippen molar-refractivity contribution in [3.63, 3.8) is 0 Å². The lowest BCUT2D eigenvalue weighted by Crippen LogP contribution is -2.54. The number of fused-ring (bicyclic) bond motifs is 1. The highest BCUT2D eigenvalue weighted by atomic mass is 79.9. The van der Waals surface area contributed by atoms with Crippen molar-refractivity contribution in [2.75, 3.05) is 16.4 Å². The zero-order valence-electron chi connectivity index (χ0n) is 19.5. The predicted octanol–water partition coefficient (Wildman–Crippen LogP) is 3.38. The van der Waals surface area contributed by atoms with Crippen LogP contribution in [0.3, 0.4) is 0 Å². The van der Waals surface area contributed by atoms with E-state index in [4.69, 9.17) is 9.84 Å². The molecule has 2 amide bonds. The smallest absolute Gasteiger partial charge is 0.304 e. The maximum atomic E-state index is 13.6. The lowest BCUT2D eigenvalue weighted by atomic mass is 9.83. The molecule has 2 aromatic carbocycles. The summed E-state index contributed by atoms with van der Waals surface area (Å²) < 4.78 is 5.95. The van der Waals surface area contributed by atoms with Crippen LogP contribution < -0.4 is 9.80 Å². The van der Waals surface area contributed by atoms with Crippen LogP contribution in [-0.2, 0) is 31.3 Å². The van der Waals surface area contributed by atoms with Gasteiger partial charge >= 0.3 is 5.97 Å². The number of aliphatic hydroxyl groups is 2. The number of anilines is 2. The van der Waals surface area contributed by atoms with Crippen molar-refractivity contribution >= 4 is 45.1 Å². The lowest BCUT2D eigenvalue weighted by Gasteiger charge is -2.39. The van der Waals surface area contributed by atoms with Crippen LogP contribution in [0.5, 0.6) is 0 Å². The van der Waals surface area contributed by atoms with Gasteiger partial charge in [-0.2, -0.15) is 0 Å². The lowest BCUT2D eigenvalue weighted by molar-refractivity contribution is -0.153. The summed E-state index contributed by atoms with van der Waals surface area (Å²) >= 11 is 3.44. The molecule has 2 aromatic rings. The Labute approximate surface area is 211 Å². The Balaban J connectivity index is 1.64. The highest BCUT2D eigenvalue weighted by Gasteiger charge is 2.52. The van der Waals surface area contributed by atoms with E-state index in [1.807, 2.05) is 12.1 Å².